The number of halogens is 1. The van der Waals surface area contributed by atoms with E-state index in [1.165, 1.54) is 18.3 Å². The quantitative estimate of drug-likeness (QED) is 0.588. The van der Waals surface area contributed by atoms with Crippen LogP contribution < -0.4 is 0 Å². The molecule has 0 unspecified atom stereocenters. The lowest BCUT2D eigenvalue weighted by atomic mass is 10.2. The number of rotatable bonds is 6. The smallest absolute Gasteiger partial charge is 0.255 e. The van der Waals surface area contributed by atoms with Gasteiger partial charge in [-0.3, -0.25) is 4.79 Å². The van der Waals surface area contributed by atoms with Crippen LogP contribution >= 0.6 is 11.8 Å². The Morgan fingerprint density at radius 3 is 2.83 bits per heavy atom. The second-order valence-corrected chi connectivity index (χ2v) is 5.51. The van der Waals surface area contributed by atoms with Crippen molar-refractivity contribution < 1.29 is 9.18 Å². The van der Waals surface area contributed by atoms with Gasteiger partial charge in [0.1, 0.15) is 0 Å². The number of aromatic nitrogens is 1. The van der Waals surface area contributed by atoms with E-state index in [1.807, 2.05) is 18.7 Å². The van der Waals surface area contributed by atoms with Crippen LogP contribution in [0.4, 0.5) is 4.39 Å². The maximum absolute atomic E-state index is 12.7. The van der Waals surface area contributed by atoms with Gasteiger partial charge in [-0.25, -0.2) is 4.98 Å². The summed E-state index contributed by atoms with van der Waals surface area (Å²) in [5.41, 5.74) is 0.425. The van der Waals surface area contributed by atoms with Gasteiger partial charge in [-0.05, 0) is 37.0 Å². The van der Waals surface area contributed by atoms with Crippen molar-refractivity contribution >= 4 is 17.7 Å². The standard InChI is InChI=1S/C13H19FN2OS/c1-4-18-8-7-10(2)16(3)13(17)11-5-6-12(14)15-9-11/h5-6,9-10H,4,7-8H2,1-3H3/t10-/m0/s1. The van der Waals surface area contributed by atoms with Gasteiger partial charge in [-0.15, -0.1) is 0 Å². The van der Waals surface area contributed by atoms with Gasteiger partial charge in [-0.1, -0.05) is 6.92 Å². The molecule has 1 rings (SSSR count). The van der Waals surface area contributed by atoms with Crippen molar-refractivity contribution in [3.05, 3.63) is 29.8 Å². The van der Waals surface area contributed by atoms with E-state index in [-0.39, 0.29) is 11.9 Å². The van der Waals surface area contributed by atoms with Gasteiger partial charge in [0.05, 0.1) is 5.56 Å². The molecule has 0 spiro atoms. The second-order valence-electron chi connectivity index (χ2n) is 4.12. The third-order valence-electron chi connectivity index (χ3n) is 2.84. The summed E-state index contributed by atoms with van der Waals surface area (Å²) in [5.74, 6) is 1.45. The van der Waals surface area contributed by atoms with E-state index in [0.717, 1.165) is 17.9 Å². The summed E-state index contributed by atoms with van der Waals surface area (Å²) < 4.78 is 12.7. The maximum atomic E-state index is 12.7. The van der Waals surface area contributed by atoms with Gasteiger partial charge in [0.15, 0.2) is 0 Å². The molecule has 1 atom stereocenters. The van der Waals surface area contributed by atoms with Crippen LogP contribution in [0.3, 0.4) is 0 Å². The molecule has 0 aliphatic rings. The lowest BCUT2D eigenvalue weighted by Gasteiger charge is -2.24. The molecule has 0 aromatic carbocycles. The van der Waals surface area contributed by atoms with E-state index in [4.69, 9.17) is 0 Å². The van der Waals surface area contributed by atoms with Crippen molar-refractivity contribution in [2.45, 2.75) is 26.3 Å². The topological polar surface area (TPSA) is 33.2 Å². The Balaban J connectivity index is 2.57. The van der Waals surface area contributed by atoms with Crippen molar-refractivity contribution in [1.82, 2.24) is 9.88 Å². The van der Waals surface area contributed by atoms with E-state index >= 15 is 0 Å². The van der Waals surface area contributed by atoms with E-state index in [9.17, 15) is 9.18 Å². The number of pyridine rings is 1. The van der Waals surface area contributed by atoms with Crippen LogP contribution in [-0.2, 0) is 0 Å². The van der Waals surface area contributed by atoms with Gasteiger partial charge in [0.2, 0.25) is 5.95 Å². The molecule has 0 radical (unpaired) electrons. The molecule has 0 fully saturated rings. The Morgan fingerprint density at radius 1 is 1.56 bits per heavy atom. The number of carbonyl (C=O) groups is 1. The highest BCUT2D eigenvalue weighted by atomic mass is 32.2. The van der Waals surface area contributed by atoms with Crippen LogP contribution in [0.15, 0.2) is 18.3 Å². The van der Waals surface area contributed by atoms with Gasteiger partial charge in [0.25, 0.3) is 5.91 Å². The molecule has 18 heavy (non-hydrogen) atoms. The molecule has 1 aromatic heterocycles. The van der Waals surface area contributed by atoms with E-state index in [2.05, 4.69) is 11.9 Å². The van der Waals surface area contributed by atoms with Crippen molar-refractivity contribution in [3.63, 3.8) is 0 Å². The molecule has 1 heterocycles. The molecular formula is C13H19FN2OS. The van der Waals surface area contributed by atoms with Crippen LogP contribution in [0.25, 0.3) is 0 Å². The predicted octanol–water partition coefficient (Wildman–Crippen LogP) is 2.82. The third-order valence-corrected chi connectivity index (χ3v) is 3.77. The Hall–Kier alpha value is -1.10. The number of carbonyl (C=O) groups excluding carboxylic acids is 1. The minimum atomic E-state index is -0.568. The first-order chi connectivity index (χ1) is 8.56. The fraction of sp³-hybridized carbons (Fsp3) is 0.538. The molecule has 0 aliphatic carbocycles. The maximum Gasteiger partial charge on any atom is 0.255 e. The van der Waals surface area contributed by atoms with E-state index in [0.29, 0.717) is 5.56 Å². The number of hydrogen-bond acceptors (Lipinski definition) is 3. The van der Waals surface area contributed by atoms with Crippen molar-refractivity contribution in [3.8, 4) is 0 Å². The van der Waals surface area contributed by atoms with Crippen LogP contribution in [0.1, 0.15) is 30.6 Å². The van der Waals surface area contributed by atoms with Crippen molar-refractivity contribution in [2.75, 3.05) is 18.6 Å². The summed E-state index contributed by atoms with van der Waals surface area (Å²) in [4.78, 5) is 17.3. The van der Waals surface area contributed by atoms with Crippen molar-refractivity contribution in [1.29, 1.82) is 0 Å². The van der Waals surface area contributed by atoms with Crippen LogP contribution in [0, 0.1) is 5.95 Å². The molecule has 0 aliphatic heterocycles. The highest BCUT2D eigenvalue weighted by Crippen LogP contribution is 2.11. The Labute approximate surface area is 112 Å². The summed E-state index contributed by atoms with van der Waals surface area (Å²) in [6.07, 6.45) is 2.23. The first kappa shape index (κ1) is 15.0. The zero-order valence-corrected chi connectivity index (χ0v) is 11.8. The van der Waals surface area contributed by atoms with Crippen molar-refractivity contribution in [2.24, 2.45) is 0 Å². The van der Waals surface area contributed by atoms with Gasteiger partial charge in [0, 0.05) is 19.3 Å². The molecule has 1 aromatic rings. The van der Waals surface area contributed by atoms with Gasteiger partial charge >= 0.3 is 0 Å². The highest BCUT2D eigenvalue weighted by molar-refractivity contribution is 7.99. The first-order valence-electron chi connectivity index (χ1n) is 6.02. The summed E-state index contributed by atoms with van der Waals surface area (Å²) in [7, 11) is 1.77. The van der Waals surface area contributed by atoms with Crippen LogP contribution in [-0.4, -0.2) is 40.4 Å². The molecule has 1 amide bonds. The lowest BCUT2D eigenvalue weighted by Crippen LogP contribution is -2.35. The monoisotopic (exact) mass is 270 g/mol. The fourth-order valence-corrected chi connectivity index (χ4v) is 2.29. The lowest BCUT2D eigenvalue weighted by molar-refractivity contribution is 0.0741. The number of nitrogens with zero attached hydrogens (tertiary/aromatic N) is 2. The van der Waals surface area contributed by atoms with Crippen LogP contribution in [0.2, 0.25) is 0 Å². The average Bonchev–Trinajstić information content (AvgIpc) is 2.38. The zero-order chi connectivity index (χ0) is 13.5. The Morgan fingerprint density at radius 2 is 2.28 bits per heavy atom. The largest absolute Gasteiger partial charge is 0.339 e. The SMILES string of the molecule is CCSCC[C@H](C)N(C)C(=O)c1ccc(F)nc1. The second kappa shape index (κ2) is 7.36. The molecule has 0 saturated heterocycles. The molecule has 0 bridgehead atoms. The van der Waals surface area contributed by atoms with E-state index < -0.39 is 5.95 Å². The molecule has 5 heteroatoms. The Kier molecular flexibility index (Phi) is 6.12. The summed E-state index contributed by atoms with van der Waals surface area (Å²) in [5, 5.41) is 0. The van der Waals surface area contributed by atoms with E-state index in [1.54, 1.807) is 11.9 Å². The first-order valence-corrected chi connectivity index (χ1v) is 7.18. The normalized spacial score (nSPS) is 12.2. The number of hydrogen-bond donors (Lipinski definition) is 0. The molecule has 3 nitrogen and oxygen atoms in total. The fourth-order valence-electron chi connectivity index (χ4n) is 1.50. The summed E-state index contributed by atoms with van der Waals surface area (Å²) in [6.45, 7) is 4.14. The molecule has 100 valence electrons. The molecule has 0 N–H and O–H groups in total. The highest BCUT2D eigenvalue weighted by Gasteiger charge is 2.17. The minimum absolute atomic E-state index is 0.114. The van der Waals surface area contributed by atoms with Crippen LogP contribution in [0.5, 0.6) is 0 Å². The minimum Gasteiger partial charge on any atom is -0.339 e. The van der Waals surface area contributed by atoms with Gasteiger partial charge in [-0.2, -0.15) is 16.2 Å². The third kappa shape index (κ3) is 4.29. The molecular weight excluding hydrogens is 251 g/mol. The summed E-state index contributed by atoms with van der Waals surface area (Å²) in [6, 6.07) is 2.84. The zero-order valence-electron chi connectivity index (χ0n) is 11.0. The van der Waals surface area contributed by atoms with Gasteiger partial charge < -0.3 is 4.90 Å². The number of thioether (sulfide) groups is 1. The average molecular weight is 270 g/mol. The summed E-state index contributed by atoms with van der Waals surface area (Å²) >= 11 is 1.86. The molecule has 0 saturated carbocycles. The number of amides is 1. The Bertz CT molecular complexity index is 383. The predicted molar refractivity (Wildman–Crippen MR) is 73.4 cm³/mol.